The van der Waals surface area contributed by atoms with E-state index in [1.165, 1.54) is 12.1 Å². The fourth-order valence-electron chi connectivity index (χ4n) is 3.75. The van der Waals surface area contributed by atoms with Crippen LogP contribution in [0.15, 0.2) is 33.7 Å². The Hall–Kier alpha value is -1.27. The summed E-state index contributed by atoms with van der Waals surface area (Å²) in [6.07, 6.45) is 2.37. The van der Waals surface area contributed by atoms with Gasteiger partial charge in [0, 0.05) is 62.5 Å². The third kappa shape index (κ3) is 5.36. The van der Waals surface area contributed by atoms with Crippen molar-refractivity contribution in [2.45, 2.75) is 19.8 Å². The molecule has 3 rings (SSSR count). The van der Waals surface area contributed by atoms with Crippen molar-refractivity contribution < 1.29 is 4.74 Å². The van der Waals surface area contributed by atoms with Crippen LogP contribution in [-0.4, -0.2) is 63.8 Å². The molecule has 1 aromatic carbocycles. The zero-order valence-corrected chi connectivity index (χ0v) is 17.5. The first kappa shape index (κ1) is 19.5. The summed E-state index contributed by atoms with van der Waals surface area (Å²) in [5.74, 6) is 2.28. The summed E-state index contributed by atoms with van der Waals surface area (Å²) in [4.78, 5) is 9.68. The quantitative estimate of drug-likeness (QED) is 0.564. The van der Waals surface area contributed by atoms with E-state index >= 15 is 0 Å². The monoisotopic (exact) mass is 422 g/mol. The minimum Gasteiger partial charge on any atom is -0.381 e. The predicted molar refractivity (Wildman–Crippen MR) is 112 cm³/mol. The van der Waals surface area contributed by atoms with Gasteiger partial charge in [0.05, 0.1) is 6.61 Å². The van der Waals surface area contributed by atoms with Gasteiger partial charge < -0.3 is 19.9 Å². The number of aliphatic imine (C=N–C) groups is 1. The van der Waals surface area contributed by atoms with Crippen molar-refractivity contribution >= 4 is 27.6 Å². The van der Waals surface area contributed by atoms with Gasteiger partial charge >= 0.3 is 0 Å². The number of hydrogen-bond donors (Lipinski definition) is 1. The molecule has 2 fully saturated rings. The van der Waals surface area contributed by atoms with Crippen LogP contribution in [0.3, 0.4) is 0 Å². The van der Waals surface area contributed by atoms with E-state index < -0.39 is 0 Å². The highest BCUT2D eigenvalue weighted by atomic mass is 79.9. The standard InChI is InChI=1S/C20H31BrN4O/c1-3-22-20(24(2)13-17-9-11-26-15-17)23-12-16-8-10-25(14-16)19-6-4-18(21)5-7-19/h4-7,16-17H,3,8-15H2,1-2H3,(H,22,23). The maximum atomic E-state index is 5.50. The minimum atomic E-state index is 0.621. The molecule has 0 radical (unpaired) electrons. The van der Waals surface area contributed by atoms with Crippen molar-refractivity contribution in [1.82, 2.24) is 10.2 Å². The fourth-order valence-corrected chi connectivity index (χ4v) is 4.02. The summed E-state index contributed by atoms with van der Waals surface area (Å²) in [5, 5.41) is 3.45. The lowest BCUT2D eigenvalue weighted by Gasteiger charge is -2.25. The fraction of sp³-hybridized carbons (Fsp3) is 0.650. The van der Waals surface area contributed by atoms with Crippen LogP contribution in [0.5, 0.6) is 0 Å². The van der Waals surface area contributed by atoms with Gasteiger partial charge in [-0.25, -0.2) is 0 Å². The summed E-state index contributed by atoms with van der Waals surface area (Å²) in [6, 6.07) is 8.62. The Bertz CT molecular complexity index is 586. The molecule has 2 heterocycles. The molecule has 0 aliphatic carbocycles. The predicted octanol–water partition coefficient (Wildman–Crippen LogP) is 3.21. The van der Waals surface area contributed by atoms with Gasteiger partial charge in [-0.3, -0.25) is 4.99 Å². The third-order valence-electron chi connectivity index (χ3n) is 5.23. The topological polar surface area (TPSA) is 40.1 Å². The molecule has 1 N–H and O–H groups in total. The van der Waals surface area contributed by atoms with Crippen molar-refractivity contribution in [2.24, 2.45) is 16.8 Å². The number of nitrogens with one attached hydrogen (secondary N) is 1. The molecule has 6 heteroatoms. The van der Waals surface area contributed by atoms with E-state index in [1.54, 1.807) is 0 Å². The molecule has 0 amide bonds. The second-order valence-corrected chi connectivity index (χ2v) is 8.30. The van der Waals surface area contributed by atoms with Crippen LogP contribution in [0.1, 0.15) is 19.8 Å². The smallest absolute Gasteiger partial charge is 0.193 e. The van der Waals surface area contributed by atoms with E-state index in [0.717, 1.165) is 62.8 Å². The van der Waals surface area contributed by atoms with Crippen LogP contribution in [0.2, 0.25) is 0 Å². The first-order valence-electron chi connectivity index (χ1n) is 9.73. The molecule has 1 aromatic rings. The maximum Gasteiger partial charge on any atom is 0.193 e. The largest absolute Gasteiger partial charge is 0.381 e. The first-order valence-corrected chi connectivity index (χ1v) is 10.5. The Morgan fingerprint density at radius 3 is 2.81 bits per heavy atom. The number of benzene rings is 1. The molecule has 2 unspecified atom stereocenters. The van der Waals surface area contributed by atoms with Gasteiger partial charge in [0.1, 0.15) is 0 Å². The molecular weight excluding hydrogens is 392 g/mol. The molecule has 26 heavy (non-hydrogen) atoms. The lowest BCUT2D eigenvalue weighted by atomic mass is 10.1. The lowest BCUT2D eigenvalue weighted by molar-refractivity contribution is 0.181. The second-order valence-electron chi connectivity index (χ2n) is 7.38. The van der Waals surface area contributed by atoms with E-state index in [4.69, 9.17) is 9.73 Å². The summed E-state index contributed by atoms with van der Waals surface area (Å²) >= 11 is 3.51. The van der Waals surface area contributed by atoms with Crippen LogP contribution in [-0.2, 0) is 4.74 Å². The Kier molecular flexibility index (Phi) is 7.20. The molecule has 0 saturated carbocycles. The second kappa shape index (κ2) is 9.60. The van der Waals surface area contributed by atoms with Crippen LogP contribution in [0, 0.1) is 11.8 Å². The van der Waals surface area contributed by atoms with Crippen molar-refractivity contribution in [3.05, 3.63) is 28.7 Å². The molecule has 2 saturated heterocycles. The highest BCUT2D eigenvalue weighted by Gasteiger charge is 2.23. The highest BCUT2D eigenvalue weighted by molar-refractivity contribution is 9.10. The molecule has 0 bridgehead atoms. The number of rotatable bonds is 6. The lowest BCUT2D eigenvalue weighted by Crippen LogP contribution is -2.41. The van der Waals surface area contributed by atoms with Crippen molar-refractivity contribution in [3.63, 3.8) is 0 Å². The van der Waals surface area contributed by atoms with Gasteiger partial charge in [0.25, 0.3) is 0 Å². The molecule has 2 aliphatic heterocycles. The Morgan fingerprint density at radius 1 is 1.31 bits per heavy atom. The summed E-state index contributed by atoms with van der Waals surface area (Å²) in [5.41, 5.74) is 1.31. The zero-order valence-electron chi connectivity index (χ0n) is 16.0. The van der Waals surface area contributed by atoms with Crippen molar-refractivity contribution in [2.75, 3.05) is 57.9 Å². The number of nitrogens with zero attached hydrogens (tertiary/aromatic N) is 3. The summed E-state index contributed by atoms with van der Waals surface area (Å²) in [6.45, 7) is 8.93. The SMILES string of the molecule is CCNC(=NCC1CCN(c2ccc(Br)cc2)C1)N(C)CC1CCOC1. The van der Waals surface area contributed by atoms with E-state index in [2.05, 4.69) is 69.3 Å². The Labute approximate surface area is 165 Å². The van der Waals surface area contributed by atoms with E-state index in [1.807, 2.05) is 0 Å². The average molecular weight is 423 g/mol. The maximum absolute atomic E-state index is 5.50. The number of ether oxygens (including phenoxy) is 1. The Morgan fingerprint density at radius 2 is 2.12 bits per heavy atom. The van der Waals surface area contributed by atoms with Crippen molar-refractivity contribution in [3.8, 4) is 0 Å². The molecular formula is C20H31BrN4O. The van der Waals surface area contributed by atoms with Crippen LogP contribution in [0.25, 0.3) is 0 Å². The number of anilines is 1. The first-order chi connectivity index (χ1) is 12.7. The normalized spacial score (nSPS) is 23.5. The van der Waals surface area contributed by atoms with Gasteiger partial charge in [-0.2, -0.15) is 0 Å². The van der Waals surface area contributed by atoms with Gasteiger partial charge in [0.15, 0.2) is 5.96 Å². The molecule has 2 atom stereocenters. The molecule has 0 aromatic heterocycles. The van der Waals surface area contributed by atoms with E-state index in [0.29, 0.717) is 11.8 Å². The molecule has 0 spiro atoms. The third-order valence-corrected chi connectivity index (χ3v) is 5.76. The Balaban J connectivity index is 1.53. The molecule has 144 valence electrons. The number of guanidine groups is 1. The van der Waals surface area contributed by atoms with Crippen LogP contribution < -0.4 is 10.2 Å². The van der Waals surface area contributed by atoms with Gasteiger partial charge in [-0.1, -0.05) is 15.9 Å². The average Bonchev–Trinajstić information content (AvgIpc) is 3.31. The summed E-state index contributed by atoms with van der Waals surface area (Å²) in [7, 11) is 2.14. The number of hydrogen-bond acceptors (Lipinski definition) is 3. The van der Waals surface area contributed by atoms with E-state index in [9.17, 15) is 0 Å². The molecule has 2 aliphatic rings. The summed E-state index contributed by atoms with van der Waals surface area (Å²) < 4.78 is 6.64. The van der Waals surface area contributed by atoms with Crippen LogP contribution >= 0.6 is 15.9 Å². The zero-order chi connectivity index (χ0) is 18.4. The van der Waals surface area contributed by atoms with E-state index in [-0.39, 0.29) is 0 Å². The van der Waals surface area contributed by atoms with Gasteiger partial charge in [-0.15, -0.1) is 0 Å². The van der Waals surface area contributed by atoms with Gasteiger partial charge in [0.2, 0.25) is 0 Å². The van der Waals surface area contributed by atoms with Crippen LogP contribution in [0.4, 0.5) is 5.69 Å². The number of halogens is 1. The minimum absolute atomic E-state index is 0.621. The molecule has 5 nitrogen and oxygen atoms in total. The van der Waals surface area contributed by atoms with Gasteiger partial charge in [-0.05, 0) is 49.9 Å². The highest BCUT2D eigenvalue weighted by Crippen LogP contribution is 2.25. The van der Waals surface area contributed by atoms with Crippen molar-refractivity contribution in [1.29, 1.82) is 0 Å².